The smallest absolute Gasteiger partial charge is 0.357 e. The molecule has 34 heavy (non-hydrogen) atoms. The third-order valence-corrected chi connectivity index (χ3v) is 6.30. The number of carbonyl (C=O) groups is 2. The highest BCUT2D eigenvalue weighted by molar-refractivity contribution is 7.99. The number of thioether (sulfide) groups is 1. The van der Waals surface area contributed by atoms with Crippen LogP contribution >= 0.6 is 11.8 Å². The van der Waals surface area contributed by atoms with Crippen molar-refractivity contribution in [3.8, 4) is 11.1 Å². The molecule has 6 nitrogen and oxygen atoms in total. The van der Waals surface area contributed by atoms with Gasteiger partial charge in [0.2, 0.25) is 0 Å². The second-order valence-electron chi connectivity index (χ2n) is 7.76. The van der Waals surface area contributed by atoms with Gasteiger partial charge in [-0.1, -0.05) is 62.7 Å². The number of rotatable bonds is 11. The van der Waals surface area contributed by atoms with Gasteiger partial charge in [-0.2, -0.15) is 0 Å². The Balaban J connectivity index is 1.97. The Hall–Kier alpha value is -3.06. The van der Waals surface area contributed by atoms with E-state index in [9.17, 15) is 9.59 Å². The SMILES string of the molecule is CCCCc1nc(SCC)c(C(=O)OCC)n1Cc1ccc(-c2ccccc2C(=O)OC)cc1. The fraction of sp³-hybridized carbons (Fsp3) is 0.370. The van der Waals surface area contributed by atoms with Crippen molar-refractivity contribution in [2.45, 2.75) is 51.6 Å². The first-order valence-electron chi connectivity index (χ1n) is 11.7. The molecule has 1 aromatic heterocycles. The molecule has 0 saturated carbocycles. The Labute approximate surface area is 205 Å². The normalized spacial score (nSPS) is 10.8. The van der Waals surface area contributed by atoms with Crippen molar-refractivity contribution in [3.63, 3.8) is 0 Å². The molecule has 2 aromatic carbocycles. The summed E-state index contributed by atoms with van der Waals surface area (Å²) in [6, 6.07) is 15.4. The summed E-state index contributed by atoms with van der Waals surface area (Å²) < 4.78 is 12.3. The Morgan fingerprint density at radius 2 is 1.74 bits per heavy atom. The van der Waals surface area contributed by atoms with Crippen molar-refractivity contribution in [1.29, 1.82) is 0 Å². The Bertz CT molecular complexity index is 1120. The van der Waals surface area contributed by atoms with Gasteiger partial charge in [0.15, 0.2) is 5.69 Å². The van der Waals surface area contributed by atoms with E-state index in [2.05, 4.69) is 13.8 Å². The molecule has 3 aromatic rings. The summed E-state index contributed by atoms with van der Waals surface area (Å²) in [6.07, 6.45) is 2.85. The molecule has 0 spiro atoms. The minimum absolute atomic E-state index is 0.318. The van der Waals surface area contributed by atoms with E-state index >= 15 is 0 Å². The van der Waals surface area contributed by atoms with Gasteiger partial charge in [0.1, 0.15) is 10.9 Å². The van der Waals surface area contributed by atoms with Crippen LogP contribution in [0.25, 0.3) is 11.1 Å². The number of hydrogen-bond donors (Lipinski definition) is 0. The number of nitrogens with zero attached hydrogens (tertiary/aromatic N) is 2. The lowest BCUT2D eigenvalue weighted by Crippen LogP contribution is -2.16. The highest BCUT2D eigenvalue weighted by Crippen LogP contribution is 2.28. The van der Waals surface area contributed by atoms with Crippen LogP contribution < -0.4 is 0 Å². The molecular formula is C27H32N2O4S. The second-order valence-corrected chi connectivity index (χ2v) is 9.01. The maximum absolute atomic E-state index is 12.9. The Morgan fingerprint density at radius 3 is 2.38 bits per heavy atom. The zero-order valence-corrected chi connectivity index (χ0v) is 21.1. The molecule has 0 amide bonds. The van der Waals surface area contributed by atoms with Gasteiger partial charge in [-0.05, 0) is 41.9 Å². The molecule has 3 rings (SSSR count). The monoisotopic (exact) mass is 480 g/mol. The van der Waals surface area contributed by atoms with E-state index in [-0.39, 0.29) is 11.9 Å². The number of imidazole rings is 1. The molecule has 0 aliphatic heterocycles. The lowest BCUT2D eigenvalue weighted by Gasteiger charge is -2.13. The van der Waals surface area contributed by atoms with E-state index in [0.29, 0.717) is 24.4 Å². The molecule has 0 radical (unpaired) electrons. The van der Waals surface area contributed by atoms with Crippen LogP contribution in [0.15, 0.2) is 53.6 Å². The van der Waals surface area contributed by atoms with Gasteiger partial charge in [-0.3, -0.25) is 0 Å². The van der Waals surface area contributed by atoms with Crippen LogP contribution in [0.5, 0.6) is 0 Å². The summed E-state index contributed by atoms with van der Waals surface area (Å²) in [7, 11) is 1.38. The first kappa shape index (κ1) is 25.6. The molecule has 1 heterocycles. The molecule has 0 N–H and O–H groups in total. The van der Waals surface area contributed by atoms with Gasteiger partial charge in [0, 0.05) is 13.0 Å². The molecule has 0 aliphatic carbocycles. The van der Waals surface area contributed by atoms with Crippen molar-refractivity contribution >= 4 is 23.7 Å². The quantitative estimate of drug-likeness (QED) is 0.247. The lowest BCUT2D eigenvalue weighted by molar-refractivity contribution is 0.0508. The van der Waals surface area contributed by atoms with Crippen molar-refractivity contribution in [2.24, 2.45) is 0 Å². The predicted molar refractivity (Wildman–Crippen MR) is 136 cm³/mol. The van der Waals surface area contributed by atoms with Crippen LogP contribution in [0, 0.1) is 0 Å². The Kier molecular flexibility index (Phi) is 9.33. The highest BCUT2D eigenvalue weighted by atomic mass is 32.2. The molecule has 7 heteroatoms. The standard InChI is InChI=1S/C27H32N2O4S/c1-5-8-13-23-28-25(34-7-3)24(27(31)33-6-2)29(23)18-19-14-16-20(17-15-19)21-11-9-10-12-22(21)26(30)32-4/h9-12,14-17H,5-8,13,18H2,1-4H3. The van der Waals surface area contributed by atoms with Gasteiger partial charge in [-0.15, -0.1) is 11.8 Å². The van der Waals surface area contributed by atoms with Crippen LogP contribution in [0.3, 0.4) is 0 Å². The first-order chi connectivity index (χ1) is 16.5. The van der Waals surface area contributed by atoms with E-state index in [4.69, 9.17) is 14.5 Å². The molecule has 0 atom stereocenters. The summed E-state index contributed by atoms with van der Waals surface area (Å²) in [5, 5.41) is 0.732. The highest BCUT2D eigenvalue weighted by Gasteiger charge is 2.24. The van der Waals surface area contributed by atoms with Gasteiger partial charge in [-0.25, -0.2) is 14.6 Å². The fourth-order valence-corrected chi connectivity index (χ4v) is 4.57. The summed E-state index contributed by atoms with van der Waals surface area (Å²) in [5.74, 6) is 1.03. The average molecular weight is 481 g/mol. The molecule has 0 aliphatic rings. The van der Waals surface area contributed by atoms with E-state index in [1.165, 1.54) is 7.11 Å². The van der Waals surface area contributed by atoms with Gasteiger partial charge in [0.25, 0.3) is 0 Å². The van der Waals surface area contributed by atoms with Crippen LogP contribution in [0.1, 0.15) is 65.8 Å². The molecule has 0 fully saturated rings. The van der Waals surface area contributed by atoms with Crippen LogP contribution in [0.2, 0.25) is 0 Å². The number of carbonyl (C=O) groups excluding carboxylic acids is 2. The number of aryl methyl sites for hydroxylation is 1. The predicted octanol–water partition coefficient (Wildman–Crippen LogP) is 6.02. The molecular weight excluding hydrogens is 448 g/mol. The minimum atomic E-state index is -0.362. The van der Waals surface area contributed by atoms with E-state index in [1.807, 2.05) is 54.0 Å². The van der Waals surface area contributed by atoms with Crippen LogP contribution in [-0.4, -0.2) is 41.0 Å². The lowest BCUT2D eigenvalue weighted by atomic mass is 9.98. The fourth-order valence-electron chi connectivity index (χ4n) is 3.80. The number of unbranched alkanes of at least 4 members (excludes halogenated alkanes) is 1. The van der Waals surface area contributed by atoms with Crippen molar-refractivity contribution in [3.05, 3.63) is 71.2 Å². The third-order valence-electron chi connectivity index (χ3n) is 5.46. The second kappa shape index (κ2) is 12.4. The molecule has 180 valence electrons. The molecule has 0 saturated heterocycles. The number of hydrogen-bond acceptors (Lipinski definition) is 6. The number of ether oxygens (including phenoxy) is 2. The summed E-state index contributed by atoms with van der Waals surface area (Å²) in [4.78, 5) is 29.9. The van der Waals surface area contributed by atoms with Gasteiger partial charge in [0.05, 0.1) is 19.3 Å². The van der Waals surface area contributed by atoms with Crippen LogP contribution in [-0.2, 0) is 22.4 Å². The van der Waals surface area contributed by atoms with Crippen molar-refractivity contribution in [1.82, 2.24) is 9.55 Å². The zero-order chi connectivity index (χ0) is 24.5. The number of esters is 2. The topological polar surface area (TPSA) is 70.4 Å². The largest absolute Gasteiger partial charge is 0.465 e. The maximum atomic E-state index is 12.9. The summed E-state index contributed by atoms with van der Waals surface area (Å²) >= 11 is 1.56. The van der Waals surface area contributed by atoms with Gasteiger partial charge >= 0.3 is 11.9 Å². The maximum Gasteiger partial charge on any atom is 0.357 e. The first-order valence-corrected chi connectivity index (χ1v) is 12.7. The number of aromatic nitrogens is 2. The van der Waals surface area contributed by atoms with E-state index in [0.717, 1.165) is 52.6 Å². The van der Waals surface area contributed by atoms with E-state index < -0.39 is 0 Å². The number of methoxy groups -OCH3 is 1. The zero-order valence-electron chi connectivity index (χ0n) is 20.3. The van der Waals surface area contributed by atoms with Gasteiger partial charge < -0.3 is 14.0 Å². The summed E-state index contributed by atoms with van der Waals surface area (Å²) in [5.41, 5.74) is 3.84. The Morgan fingerprint density at radius 1 is 1.00 bits per heavy atom. The average Bonchev–Trinajstić information content (AvgIpc) is 3.19. The third kappa shape index (κ3) is 5.89. The molecule has 0 bridgehead atoms. The van der Waals surface area contributed by atoms with Crippen LogP contribution in [0.4, 0.5) is 0 Å². The summed E-state index contributed by atoms with van der Waals surface area (Å²) in [6.45, 7) is 6.84. The van der Waals surface area contributed by atoms with E-state index in [1.54, 1.807) is 17.8 Å². The number of benzene rings is 2. The van der Waals surface area contributed by atoms with Crippen molar-refractivity contribution in [2.75, 3.05) is 19.5 Å². The van der Waals surface area contributed by atoms with Crippen molar-refractivity contribution < 1.29 is 19.1 Å². The minimum Gasteiger partial charge on any atom is -0.465 e. The molecule has 0 unspecified atom stereocenters.